The second kappa shape index (κ2) is 11.3. The van der Waals surface area contributed by atoms with E-state index in [4.69, 9.17) is 9.47 Å². The van der Waals surface area contributed by atoms with Crippen LogP contribution in [0.2, 0.25) is 0 Å². The summed E-state index contributed by atoms with van der Waals surface area (Å²) in [6.07, 6.45) is 0. The first-order chi connectivity index (χ1) is 14.7. The van der Waals surface area contributed by atoms with Crippen molar-refractivity contribution < 1.29 is 23.9 Å². The SMILES string of the molecule is CCOC(=O)c1sc(NC(=O)CSc2nnc(C(C)C)n2CC)c(C(=O)OCC)c1C. The van der Waals surface area contributed by atoms with E-state index >= 15 is 0 Å². The normalized spacial score (nSPS) is 10.9. The molecule has 0 saturated carbocycles. The third kappa shape index (κ3) is 5.85. The molecule has 0 bridgehead atoms. The summed E-state index contributed by atoms with van der Waals surface area (Å²) in [6.45, 7) is 12.2. The number of thioether (sulfide) groups is 1. The molecular weight excluding hydrogens is 440 g/mol. The number of esters is 2. The molecule has 0 fully saturated rings. The Morgan fingerprint density at radius 3 is 2.32 bits per heavy atom. The lowest BCUT2D eigenvalue weighted by molar-refractivity contribution is -0.113. The van der Waals surface area contributed by atoms with Gasteiger partial charge in [0.1, 0.15) is 15.7 Å². The largest absolute Gasteiger partial charge is 0.462 e. The number of carbonyl (C=O) groups excluding carboxylic acids is 3. The van der Waals surface area contributed by atoms with E-state index in [0.29, 0.717) is 17.3 Å². The molecule has 0 spiro atoms. The van der Waals surface area contributed by atoms with Gasteiger partial charge in [0, 0.05) is 12.5 Å². The van der Waals surface area contributed by atoms with E-state index in [1.165, 1.54) is 11.8 Å². The fourth-order valence-corrected chi connectivity index (χ4v) is 4.78. The van der Waals surface area contributed by atoms with Crippen LogP contribution in [-0.4, -0.2) is 51.6 Å². The molecule has 0 aromatic carbocycles. The first-order valence-corrected chi connectivity index (χ1v) is 11.9. The molecule has 1 amide bonds. The molecule has 9 nitrogen and oxygen atoms in total. The Morgan fingerprint density at radius 2 is 1.74 bits per heavy atom. The van der Waals surface area contributed by atoms with Crippen molar-refractivity contribution in [1.29, 1.82) is 0 Å². The van der Waals surface area contributed by atoms with Gasteiger partial charge in [0.15, 0.2) is 5.16 Å². The third-order valence-electron chi connectivity index (χ3n) is 4.25. The van der Waals surface area contributed by atoms with Crippen LogP contribution in [0.1, 0.15) is 72.0 Å². The van der Waals surface area contributed by atoms with Gasteiger partial charge in [0.2, 0.25) is 5.91 Å². The molecule has 170 valence electrons. The minimum Gasteiger partial charge on any atom is -0.462 e. The van der Waals surface area contributed by atoms with Crippen molar-refractivity contribution in [2.45, 2.75) is 59.2 Å². The molecule has 2 heterocycles. The highest BCUT2D eigenvalue weighted by Crippen LogP contribution is 2.34. The molecule has 1 N–H and O–H groups in total. The van der Waals surface area contributed by atoms with E-state index in [9.17, 15) is 14.4 Å². The third-order valence-corrected chi connectivity index (χ3v) is 6.40. The summed E-state index contributed by atoms with van der Waals surface area (Å²) in [7, 11) is 0. The van der Waals surface area contributed by atoms with Crippen LogP contribution >= 0.6 is 23.1 Å². The van der Waals surface area contributed by atoms with Crippen molar-refractivity contribution in [2.24, 2.45) is 0 Å². The van der Waals surface area contributed by atoms with Gasteiger partial charge in [0.05, 0.1) is 24.5 Å². The fourth-order valence-electron chi connectivity index (χ4n) is 2.87. The zero-order chi connectivity index (χ0) is 23.1. The highest BCUT2D eigenvalue weighted by molar-refractivity contribution is 7.99. The molecule has 0 unspecified atom stereocenters. The summed E-state index contributed by atoms with van der Waals surface area (Å²) in [5, 5.41) is 12.1. The number of carbonyl (C=O) groups is 3. The summed E-state index contributed by atoms with van der Waals surface area (Å²) in [6, 6.07) is 0. The summed E-state index contributed by atoms with van der Waals surface area (Å²) in [5.41, 5.74) is 0.601. The Balaban J connectivity index is 2.21. The predicted molar refractivity (Wildman–Crippen MR) is 120 cm³/mol. The number of rotatable bonds is 10. The number of nitrogens with zero attached hydrogens (tertiary/aromatic N) is 3. The van der Waals surface area contributed by atoms with Gasteiger partial charge >= 0.3 is 11.9 Å². The first-order valence-electron chi connectivity index (χ1n) is 10.1. The molecule has 2 rings (SSSR count). The molecule has 0 aliphatic heterocycles. The predicted octanol–water partition coefficient (Wildman–Crippen LogP) is 3.88. The molecule has 11 heteroatoms. The summed E-state index contributed by atoms with van der Waals surface area (Å²) < 4.78 is 12.1. The van der Waals surface area contributed by atoms with Gasteiger partial charge < -0.3 is 19.4 Å². The smallest absolute Gasteiger partial charge is 0.348 e. The van der Waals surface area contributed by atoms with Crippen molar-refractivity contribution in [3.63, 3.8) is 0 Å². The van der Waals surface area contributed by atoms with Gasteiger partial charge in [-0.25, -0.2) is 9.59 Å². The average Bonchev–Trinajstić information content (AvgIpc) is 3.27. The molecule has 2 aromatic rings. The van der Waals surface area contributed by atoms with E-state index in [0.717, 1.165) is 17.2 Å². The fraction of sp³-hybridized carbons (Fsp3) is 0.550. The maximum absolute atomic E-state index is 12.6. The van der Waals surface area contributed by atoms with Crippen molar-refractivity contribution in [3.8, 4) is 0 Å². The summed E-state index contributed by atoms with van der Waals surface area (Å²) in [5.74, 6) is -0.306. The summed E-state index contributed by atoms with van der Waals surface area (Å²) >= 11 is 2.27. The molecule has 0 atom stereocenters. The van der Waals surface area contributed by atoms with Crippen LogP contribution in [-0.2, 0) is 20.8 Å². The molecule has 0 aliphatic carbocycles. The van der Waals surface area contributed by atoms with E-state index in [2.05, 4.69) is 15.5 Å². The Hall–Kier alpha value is -2.40. The number of hydrogen-bond donors (Lipinski definition) is 1. The van der Waals surface area contributed by atoms with Crippen LogP contribution in [0.3, 0.4) is 0 Å². The van der Waals surface area contributed by atoms with Crippen LogP contribution < -0.4 is 5.32 Å². The molecule has 2 aromatic heterocycles. The number of amides is 1. The molecule has 0 radical (unpaired) electrons. The van der Waals surface area contributed by atoms with Gasteiger partial charge in [-0.15, -0.1) is 21.5 Å². The monoisotopic (exact) mass is 468 g/mol. The van der Waals surface area contributed by atoms with E-state index in [1.807, 2.05) is 25.3 Å². The maximum Gasteiger partial charge on any atom is 0.348 e. The van der Waals surface area contributed by atoms with Crippen LogP contribution in [0.25, 0.3) is 0 Å². The molecular formula is C20H28N4O5S2. The van der Waals surface area contributed by atoms with Crippen molar-refractivity contribution in [1.82, 2.24) is 14.8 Å². The second-order valence-electron chi connectivity index (χ2n) is 6.78. The molecule has 31 heavy (non-hydrogen) atoms. The zero-order valence-corrected chi connectivity index (χ0v) is 20.2. The molecule has 0 aliphatic rings. The summed E-state index contributed by atoms with van der Waals surface area (Å²) in [4.78, 5) is 37.6. The number of hydrogen-bond acceptors (Lipinski definition) is 9. The van der Waals surface area contributed by atoms with Crippen LogP contribution in [0, 0.1) is 6.92 Å². The second-order valence-corrected chi connectivity index (χ2v) is 8.74. The average molecular weight is 469 g/mol. The Labute approximate surface area is 189 Å². The van der Waals surface area contributed by atoms with Gasteiger partial charge in [-0.1, -0.05) is 25.6 Å². The van der Waals surface area contributed by atoms with E-state index in [1.54, 1.807) is 20.8 Å². The van der Waals surface area contributed by atoms with Crippen LogP contribution in [0.4, 0.5) is 5.00 Å². The van der Waals surface area contributed by atoms with Crippen molar-refractivity contribution >= 4 is 45.9 Å². The van der Waals surface area contributed by atoms with Gasteiger partial charge in [-0.05, 0) is 33.3 Å². The molecule has 0 saturated heterocycles. The number of nitrogens with one attached hydrogen (secondary N) is 1. The zero-order valence-electron chi connectivity index (χ0n) is 18.6. The standard InChI is InChI=1S/C20H28N4O5S2/c1-7-24-16(11(4)5)22-23-20(24)30-10-13(25)21-17-14(18(26)28-8-2)12(6)15(31-17)19(27)29-9-3/h11H,7-10H2,1-6H3,(H,21,25). The minimum atomic E-state index is -0.595. The first kappa shape index (κ1) is 24.9. The Morgan fingerprint density at radius 1 is 1.10 bits per heavy atom. The number of ether oxygens (including phenoxy) is 2. The lowest BCUT2D eigenvalue weighted by atomic mass is 10.1. The highest BCUT2D eigenvalue weighted by atomic mass is 32.2. The number of aromatic nitrogens is 3. The van der Waals surface area contributed by atoms with Gasteiger partial charge in [-0.2, -0.15) is 0 Å². The van der Waals surface area contributed by atoms with Crippen molar-refractivity contribution in [3.05, 3.63) is 21.8 Å². The minimum absolute atomic E-state index is 0.0736. The quantitative estimate of drug-likeness (QED) is 0.413. The van der Waals surface area contributed by atoms with Crippen LogP contribution in [0.5, 0.6) is 0 Å². The van der Waals surface area contributed by atoms with Gasteiger partial charge in [-0.3, -0.25) is 4.79 Å². The van der Waals surface area contributed by atoms with Gasteiger partial charge in [0.25, 0.3) is 0 Å². The van der Waals surface area contributed by atoms with E-state index < -0.39 is 11.9 Å². The topological polar surface area (TPSA) is 112 Å². The Kier molecular flexibility index (Phi) is 9.05. The van der Waals surface area contributed by atoms with Crippen LogP contribution in [0.15, 0.2) is 5.16 Å². The Bertz CT molecular complexity index is 952. The number of thiophene rings is 1. The number of anilines is 1. The lowest BCUT2D eigenvalue weighted by Gasteiger charge is -2.09. The lowest BCUT2D eigenvalue weighted by Crippen LogP contribution is -2.17. The maximum atomic E-state index is 12.6. The van der Waals surface area contributed by atoms with Crippen molar-refractivity contribution in [2.75, 3.05) is 24.3 Å². The highest BCUT2D eigenvalue weighted by Gasteiger charge is 2.27. The van der Waals surface area contributed by atoms with E-state index in [-0.39, 0.29) is 46.2 Å².